The second-order valence-corrected chi connectivity index (χ2v) is 7.96. The van der Waals surface area contributed by atoms with Crippen LogP contribution in [0.5, 0.6) is 0 Å². The van der Waals surface area contributed by atoms with Gasteiger partial charge < -0.3 is 15.0 Å². The van der Waals surface area contributed by atoms with E-state index in [1.807, 2.05) is 32.0 Å². The van der Waals surface area contributed by atoms with Gasteiger partial charge >= 0.3 is 5.97 Å². The van der Waals surface area contributed by atoms with E-state index in [4.69, 9.17) is 4.74 Å². The zero-order valence-electron chi connectivity index (χ0n) is 18.0. The summed E-state index contributed by atoms with van der Waals surface area (Å²) in [6.07, 6.45) is -0.0129. The molecule has 2 aromatic rings. The molecule has 0 saturated carbocycles. The molecule has 0 aliphatic carbocycles. The molecule has 0 bridgehead atoms. The van der Waals surface area contributed by atoms with E-state index in [0.29, 0.717) is 37.2 Å². The van der Waals surface area contributed by atoms with Gasteiger partial charge in [-0.05, 0) is 69.5 Å². The number of nitrogens with one attached hydrogen (secondary N) is 1. The average molecular weight is 426 g/mol. The average Bonchev–Trinajstić information content (AvgIpc) is 2.75. The minimum Gasteiger partial charge on any atom is -0.452 e. The predicted octanol–water partition coefficient (Wildman–Crippen LogP) is 3.87. The summed E-state index contributed by atoms with van der Waals surface area (Å²) in [5.41, 5.74) is 3.13. The van der Waals surface area contributed by atoms with Crippen molar-refractivity contribution in [2.75, 3.05) is 18.4 Å². The maximum absolute atomic E-state index is 13.0. The van der Waals surface area contributed by atoms with Crippen LogP contribution in [-0.4, -0.2) is 41.9 Å². The number of carbonyl (C=O) groups excluding carboxylic acids is 3. The summed E-state index contributed by atoms with van der Waals surface area (Å²) in [6, 6.07) is 11.1. The minimum absolute atomic E-state index is 0.187. The first kappa shape index (κ1) is 22.5. The topological polar surface area (TPSA) is 75.7 Å². The number of rotatable bonds is 5. The van der Waals surface area contributed by atoms with Crippen LogP contribution in [0.4, 0.5) is 10.1 Å². The van der Waals surface area contributed by atoms with Gasteiger partial charge in [0, 0.05) is 24.3 Å². The Bertz CT molecular complexity index is 966. The molecule has 0 radical (unpaired) electrons. The Kier molecular flexibility index (Phi) is 7.05. The fourth-order valence-corrected chi connectivity index (χ4v) is 3.61. The normalized spacial score (nSPS) is 15.3. The smallest absolute Gasteiger partial charge is 0.309 e. The molecular formula is C24H27FN2O4. The number of likely N-dealkylation sites (tertiary alicyclic amines) is 1. The number of ether oxygens (including phenoxy) is 1. The minimum atomic E-state index is -0.924. The molecule has 31 heavy (non-hydrogen) atoms. The van der Waals surface area contributed by atoms with Crippen molar-refractivity contribution in [1.29, 1.82) is 0 Å². The molecule has 1 aliphatic rings. The van der Waals surface area contributed by atoms with E-state index in [1.54, 1.807) is 11.8 Å². The van der Waals surface area contributed by atoms with Crippen molar-refractivity contribution in [2.45, 2.75) is 39.7 Å². The van der Waals surface area contributed by atoms with Gasteiger partial charge in [-0.15, -0.1) is 0 Å². The van der Waals surface area contributed by atoms with Gasteiger partial charge in [-0.2, -0.15) is 0 Å². The molecule has 7 heteroatoms. The number of amides is 2. The van der Waals surface area contributed by atoms with Crippen LogP contribution >= 0.6 is 0 Å². The molecule has 2 amide bonds. The largest absolute Gasteiger partial charge is 0.452 e. The summed E-state index contributed by atoms with van der Waals surface area (Å²) >= 11 is 0. The van der Waals surface area contributed by atoms with Crippen LogP contribution in [0.25, 0.3) is 0 Å². The van der Waals surface area contributed by atoms with Crippen LogP contribution < -0.4 is 5.32 Å². The first-order valence-electron chi connectivity index (χ1n) is 10.4. The first-order chi connectivity index (χ1) is 14.7. The van der Waals surface area contributed by atoms with Gasteiger partial charge in [-0.1, -0.05) is 17.7 Å². The van der Waals surface area contributed by atoms with E-state index in [9.17, 15) is 18.8 Å². The summed E-state index contributed by atoms with van der Waals surface area (Å²) in [6.45, 7) is 6.23. The number of piperidine rings is 1. The molecule has 3 rings (SSSR count). The van der Waals surface area contributed by atoms with E-state index >= 15 is 0 Å². The number of aryl methyl sites for hydroxylation is 2. The van der Waals surface area contributed by atoms with Crippen molar-refractivity contribution in [3.8, 4) is 0 Å². The lowest BCUT2D eigenvalue weighted by Crippen LogP contribution is -2.41. The van der Waals surface area contributed by atoms with Crippen LogP contribution in [-0.2, 0) is 14.3 Å². The highest BCUT2D eigenvalue weighted by atomic mass is 19.1. The number of hydrogen-bond acceptors (Lipinski definition) is 4. The number of carbonyl (C=O) groups is 3. The molecule has 0 aromatic heterocycles. The highest BCUT2D eigenvalue weighted by Crippen LogP contribution is 2.22. The maximum Gasteiger partial charge on any atom is 0.309 e. The number of hydrogen-bond donors (Lipinski definition) is 1. The zero-order chi connectivity index (χ0) is 22.5. The fraction of sp³-hybridized carbons (Fsp3) is 0.375. The number of halogens is 1. The second-order valence-electron chi connectivity index (χ2n) is 7.96. The summed E-state index contributed by atoms with van der Waals surface area (Å²) in [4.78, 5) is 39.1. The second kappa shape index (κ2) is 9.73. The molecule has 1 aliphatic heterocycles. The van der Waals surface area contributed by atoms with E-state index in [-0.39, 0.29) is 17.7 Å². The van der Waals surface area contributed by atoms with Crippen LogP contribution in [0.1, 0.15) is 41.3 Å². The van der Waals surface area contributed by atoms with Gasteiger partial charge in [0.25, 0.3) is 11.8 Å². The van der Waals surface area contributed by atoms with Crippen molar-refractivity contribution in [3.05, 3.63) is 65.0 Å². The summed E-state index contributed by atoms with van der Waals surface area (Å²) in [5.74, 6) is -1.77. The third-order valence-electron chi connectivity index (χ3n) is 5.51. The quantitative estimate of drug-likeness (QED) is 0.737. The van der Waals surface area contributed by atoms with Crippen LogP contribution in [0, 0.1) is 25.6 Å². The monoisotopic (exact) mass is 426 g/mol. The van der Waals surface area contributed by atoms with E-state index in [2.05, 4.69) is 5.32 Å². The number of benzene rings is 2. The Labute approximate surface area is 181 Å². The van der Waals surface area contributed by atoms with Crippen LogP contribution in [0.2, 0.25) is 0 Å². The van der Waals surface area contributed by atoms with E-state index in [1.165, 1.54) is 24.3 Å². The first-order valence-corrected chi connectivity index (χ1v) is 10.4. The molecule has 1 N–H and O–H groups in total. The van der Waals surface area contributed by atoms with Crippen LogP contribution in [0.15, 0.2) is 42.5 Å². The molecule has 0 unspecified atom stereocenters. The maximum atomic E-state index is 13.0. The SMILES string of the molecule is Cc1ccc(NC(=O)[C@H](C)OC(=O)C2CCN(C(=O)c3ccc(F)cc3)CC2)c(C)c1. The van der Waals surface area contributed by atoms with Gasteiger partial charge in [0.05, 0.1) is 5.92 Å². The lowest BCUT2D eigenvalue weighted by Gasteiger charge is -2.31. The molecular weight excluding hydrogens is 399 g/mol. The predicted molar refractivity (Wildman–Crippen MR) is 115 cm³/mol. The molecule has 1 atom stereocenters. The van der Waals surface area contributed by atoms with Crippen molar-refractivity contribution >= 4 is 23.5 Å². The van der Waals surface area contributed by atoms with Crippen molar-refractivity contribution in [3.63, 3.8) is 0 Å². The van der Waals surface area contributed by atoms with Gasteiger partial charge in [0.2, 0.25) is 0 Å². The zero-order valence-corrected chi connectivity index (χ0v) is 18.0. The Morgan fingerprint density at radius 1 is 1.06 bits per heavy atom. The van der Waals surface area contributed by atoms with Crippen molar-refractivity contribution in [1.82, 2.24) is 4.90 Å². The molecule has 1 saturated heterocycles. The van der Waals surface area contributed by atoms with E-state index < -0.39 is 17.9 Å². The number of esters is 1. The van der Waals surface area contributed by atoms with Gasteiger partial charge in [0.15, 0.2) is 6.10 Å². The molecule has 6 nitrogen and oxygen atoms in total. The van der Waals surface area contributed by atoms with Gasteiger partial charge in [-0.3, -0.25) is 14.4 Å². The lowest BCUT2D eigenvalue weighted by atomic mass is 9.96. The summed E-state index contributed by atoms with van der Waals surface area (Å²) < 4.78 is 18.4. The highest BCUT2D eigenvalue weighted by molar-refractivity contribution is 5.96. The standard InChI is InChI=1S/C24H27FN2O4/c1-15-4-9-21(16(2)14-15)26-22(28)17(3)31-24(30)19-10-12-27(13-11-19)23(29)18-5-7-20(25)8-6-18/h4-9,14,17,19H,10-13H2,1-3H3,(H,26,28)/t17-/m0/s1. The lowest BCUT2D eigenvalue weighted by molar-refractivity contribution is -0.158. The Morgan fingerprint density at radius 2 is 1.71 bits per heavy atom. The molecule has 1 fully saturated rings. The number of anilines is 1. The van der Waals surface area contributed by atoms with Crippen molar-refractivity contribution in [2.24, 2.45) is 5.92 Å². The molecule has 164 valence electrons. The van der Waals surface area contributed by atoms with E-state index in [0.717, 1.165) is 11.1 Å². The van der Waals surface area contributed by atoms with Crippen molar-refractivity contribution < 1.29 is 23.5 Å². The third kappa shape index (κ3) is 5.69. The highest BCUT2D eigenvalue weighted by Gasteiger charge is 2.30. The fourth-order valence-electron chi connectivity index (χ4n) is 3.61. The van der Waals surface area contributed by atoms with Gasteiger partial charge in [-0.25, -0.2) is 4.39 Å². The van der Waals surface area contributed by atoms with Gasteiger partial charge in [0.1, 0.15) is 5.82 Å². The summed E-state index contributed by atoms with van der Waals surface area (Å²) in [5, 5.41) is 2.79. The molecule has 1 heterocycles. The Balaban J connectivity index is 1.49. The Morgan fingerprint density at radius 3 is 2.32 bits per heavy atom. The number of nitrogens with zero attached hydrogens (tertiary/aromatic N) is 1. The Hall–Kier alpha value is -3.22. The summed E-state index contributed by atoms with van der Waals surface area (Å²) in [7, 11) is 0. The molecule has 2 aromatic carbocycles. The molecule has 0 spiro atoms. The van der Waals surface area contributed by atoms with Crippen LogP contribution in [0.3, 0.4) is 0 Å². The third-order valence-corrected chi connectivity index (χ3v) is 5.51.